The van der Waals surface area contributed by atoms with Crippen molar-refractivity contribution >= 4 is 11.6 Å². The van der Waals surface area contributed by atoms with Crippen LogP contribution in [-0.2, 0) is 0 Å². The van der Waals surface area contributed by atoms with Crippen molar-refractivity contribution in [3.05, 3.63) is 12.2 Å². The lowest BCUT2D eigenvalue weighted by Gasteiger charge is -2.36. The summed E-state index contributed by atoms with van der Waals surface area (Å²) in [4.78, 5) is 0. The average molecular weight is 309 g/mol. The maximum atomic E-state index is 6.25. The van der Waals surface area contributed by atoms with E-state index in [9.17, 15) is 0 Å². The highest BCUT2D eigenvalue weighted by Crippen LogP contribution is 2.41. The van der Waals surface area contributed by atoms with Gasteiger partial charge in [-0.15, -0.1) is 11.6 Å². The van der Waals surface area contributed by atoms with E-state index >= 15 is 0 Å². The lowest BCUT2D eigenvalue weighted by atomic mass is 9.71. The molecule has 3 aliphatic rings. The van der Waals surface area contributed by atoms with Crippen LogP contribution in [0.2, 0.25) is 0 Å². The van der Waals surface area contributed by atoms with E-state index in [1.54, 1.807) is 0 Å². The van der Waals surface area contributed by atoms with E-state index in [0.29, 0.717) is 5.38 Å². The van der Waals surface area contributed by atoms with Gasteiger partial charge in [-0.2, -0.15) is 0 Å². The number of rotatable bonds is 3. The van der Waals surface area contributed by atoms with Gasteiger partial charge in [-0.25, -0.2) is 0 Å². The molecule has 0 bridgehead atoms. The van der Waals surface area contributed by atoms with Gasteiger partial charge in [0.1, 0.15) is 0 Å². The lowest BCUT2D eigenvalue weighted by molar-refractivity contribution is 0.181. The zero-order valence-electron chi connectivity index (χ0n) is 13.6. The van der Waals surface area contributed by atoms with Crippen molar-refractivity contribution in [2.24, 2.45) is 23.7 Å². The zero-order chi connectivity index (χ0) is 14.5. The summed E-state index contributed by atoms with van der Waals surface area (Å²) in [6.45, 7) is 0. The number of hydrogen-bond acceptors (Lipinski definition) is 0. The Morgan fingerprint density at radius 1 is 0.524 bits per heavy atom. The maximum Gasteiger partial charge on any atom is 0.0336 e. The van der Waals surface area contributed by atoms with Crippen LogP contribution in [0.1, 0.15) is 83.5 Å². The van der Waals surface area contributed by atoms with Crippen LogP contribution in [0.3, 0.4) is 0 Å². The fourth-order valence-electron chi connectivity index (χ4n) is 5.00. The maximum absolute atomic E-state index is 6.25. The van der Waals surface area contributed by atoms with E-state index in [0.717, 1.165) is 23.7 Å². The molecular formula is C20H33Cl. The molecule has 3 rings (SSSR count). The Labute approximate surface area is 136 Å². The van der Waals surface area contributed by atoms with Gasteiger partial charge in [0.15, 0.2) is 0 Å². The third-order valence-electron chi connectivity index (χ3n) is 6.49. The molecule has 0 saturated heterocycles. The van der Waals surface area contributed by atoms with Gasteiger partial charge in [-0.1, -0.05) is 31.4 Å². The molecule has 0 aromatic heterocycles. The highest BCUT2D eigenvalue weighted by molar-refractivity contribution is 6.20. The molecule has 0 aliphatic heterocycles. The minimum Gasteiger partial charge on any atom is -0.123 e. The Balaban J connectivity index is 1.39. The standard InChI is InChI=1S/C20H33Cl/c21-20-14-12-19(13-15-20)18-10-8-17(9-11-18)7-6-16-4-2-1-3-5-16/h6-7,16-20H,1-5,8-15H2/b7-6+. The second kappa shape index (κ2) is 8.04. The minimum atomic E-state index is 0.482. The van der Waals surface area contributed by atoms with E-state index in [-0.39, 0.29) is 0 Å². The van der Waals surface area contributed by atoms with Crippen LogP contribution in [0.5, 0.6) is 0 Å². The first kappa shape index (κ1) is 15.9. The van der Waals surface area contributed by atoms with Crippen molar-refractivity contribution in [2.75, 3.05) is 0 Å². The third kappa shape index (κ3) is 4.75. The monoisotopic (exact) mass is 308 g/mol. The average Bonchev–Trinajstić information content (AvgIpc) is 2.55. The van der Waals surface area contributed by atoms with E-state index in [2.05, 4.69) is 12.2 Å². The third-order valence-corrected chi connectivity index (χ3v) is 6.93. The van der Waals surface area contributed by atoms with Gasteiger partial charge in [0, 0.05) is 5.38 Å². The van der Waals surface area contributed by atoms with Gasteiger partial charge in [0.2, 0.25) is 0 Å². The van der Waals surface area contributed by atoms with Crippen LogP contribution in [0.4, 0.5) is 0 Å². The molecule has 120 valence electrons. The molecule has 3 aliphatic carbocycles. The number of halogens is 1. The van der Waals surface area contributed by atoms with Gasteiger partial charge in [-0.3, -0.25) is 0 Å². The number of hydrogen-bond donors (Lipinski definition) is 0. The Hall–Kier alpha value is 0.0300. The first-order valence-corrected chi connectivity index (χ1v) is 10.1. The predicted octanol–water partition coefficient (Wildman–Crippen LogP) is 6.73. The summed E-state index contributed by atoms with van der Waals surface area (Å²) in [5.41, 5.74) is 0. The Bertz CT molecular complexity index is 313. The highest BCUT2D eigenvalue weighted by atomic mass is 35.5. The Kier molecular flexibility index (Phi) is 6.09. The molecule has 0 spiro atoms. The molecule has 21 heavy (non-hydrogen) atoms. The number of allylic oxidation sites excluding steroid dienone is 2. The quantitative estimate of drug-likeness (QED) is 0.400. The van der Waals surface area contributed by atoms with Crippen LogP contribution in [-0.4, -0.2) is 5.38 Å². The van der Waals surface area contributed by atoms with Crippen molar-refractivity contribution in [2.45, 2.75) is 88.8 Å². The first-order valence-electron chi connectivity index (χ1n) is 9.63. The van der Waals surface area contributed by atoms with Crippen molar-refractivity contribution < 1.29 is 0 Å². The summed E-state index contributed by atoms with van der Waals surface area (Å²) in [6.07, 6.45) is 23.7. The van der Waals surface area contributed by atoms with Crippen molar-refractivity contribution in [1.82, 2.24) is 0 Å². The molecule has 0 aromatic carbocycles. The first-order chi connectivity index (χ1) is 10.3. The van der Waals surface area contributed by atoms with Crippen LogP contribution in [0, 0.1) is 23.7 Å². The lowest BCUT2D eigenvalue weighted by Crippen LogP contribution is -2.25. The van der Waals surface area contributed by atoms with E-state index in [1.165, 1.54) is 83.5 Å². The SMILES string of the molecule is ClC1CCC(C2CCC(/C=C/C3CCCCC3)CC2)CC1. The molecule has 0 heterocycles. The summed E-state index contributed by atoms with van der Waals surface area (Å²) >= 11 is 6.25. The van der Waals surface area contributed by atoms with Crippen LogP contribution < -0.4 is 0 Å². The largest absolute Gasteiger partial charge is 0.123 e. The summed E-state index contributed by atoms with van der Waals surface area (Å²) < 4.78 is 0. The molecule has 0 N–H and O–H groups in total. The van der Waals surface area contributed by atoms with E-state index in [1.807, 2.05) is 0 Å². The van der Waals surface area contributed by atoms with Crippen molar-refractivity contribution in [1.29, 1.82) is 0 Å². The van der Waals surface area contributed by atoms with Gasteiger partial charge in [-0.05, 0) is 87.9 Å². The Morgan fingerprint density at radius 2 is 1.00 bits per heavy atom. The summed E-state index contributed by atoms with van der Waals surface area (Å²) in [5.74, 6) is 3.83. The summed E-state index contributed by atoms with van der Waals surface area (Å²) in [7, 11) is 0. The molecule has 1 heteroatoms. The summed E-state index contributed by atoms with van der Waals surface area (Å²) in [6, 6.07) is 0. The molecule has 3 fully saturated rings. The minimum absolute atomic E-state index is 0.482. The topological polar surface area (TPSA) is 0 Å². The number of alkyl halides is 1. The van der Waals surface area contributed by atoms with Crippen LogP contribution in [0.25, 0.3) is 0 Å². The van der Waals surface area contributed by atoms with Crippen molar-refractivity contribution in [3.8, 4) is 0 Å². The van der Waals surface area contributed by atoms with Gasteiger partial charge >= 0.3 is 0 Å². The van der Waals surface area contributed by atoms with Gasteiger partial charge < -0.3 is 0 Å². The smallest absolute Gasteiger partial charge is 0.0336 e. The van der Waals surface area contributed by atoms with Crippen molar-refractivity contribution in [3.63, 3.8) is 0 Å². The van der Waals surface area contributed by atoms with Crippen LogP contribution >= 0.6 is 11.6 Å². The zero-order valence-corrected chi connectivity index (χ0v) is 14.4. The Morgan fingerprint density at radius 3 is 1.57 bits per heavy atom. The summed E-state index contributed by atoms with van der Waals surface area (Å²) in [5, 5.41) is 0.482. The predicted molar refractivity (Wildman–Crippen MR) is 92.8 cm³/mol. The fraction of sp³-hybridized carbons (Fsp3) is 0.900. The van der Waals surface area contributed by atoms with Gasteiger partial charge in [0.05, 0.1) is 0 Å². The molecule has 0 aromatic rings. The van der Waals surface area contributed by atoms with E-state index in [4.69, 9.17) is 11.6 Å². The molecule has 0 unspecified atom stereocenters. The normalized spacial score (nSPS) is 39.7. The molecule has 3 saturated carbocycles. The molecular weight excluding hydrogens is 276 g/mol. The van der Waals surface area contributed by atoms with E-state index < -0.39 is 0 Å². The fourth-order valence-corrected chi connectivity index (χ4v) is 5.25. The second-order valence-corrected chi connectivity index (χ2v) is 8.59. The van der Waals surface area contributed by atoms with Gasteiger partial charge in [0.25, 0.3) is 0 Å². The molecule has 0 atom stereocenters. The van der Waals surface area contributed by atoms with Crippen LogP contribution in [0.15, 0.2) is 12.2 Å². The second-order valence-electron chi connectivity index (χ2n) is 7.97. The molecule has 0 nitrogen and oxygen atoms in total. The molecule has 0 amide bonds. The highest BCUT2D eigenvalue weighted by Gasteiger charge is 2.29. The molecule has 0 radical (unpaired) electrons.